The Morgan fingerprint density at radius 1 is 1.03 bits per heavy atom. The summed E-state index contributed by atoms with van der Waals surface area (Å²) >= 11 is 0. The van der Waals surface area contributed by atoms with Crippen molar-refractivity contribution >= 4 is 22.8 Å². The minimum atomic E-state index is 0.158. The van der Waals surface area contributed by atoms with Crippen molar-refractivity contribution in [2.45, 2.75) is 44.9 Å². The number of benzene rings is 1. The van der Waals surface area contributed by atoms with Crippen molar-refractivity contribution in [1.82, 2.24) is 9.97 Å². The maximum absolute atomic E-state index is 12.8. The fourth-order valence-electron chi connectivity index (χ4n) is 6.64. The molecule has 4 aliphatic carbocycles. The number of hydrogen-bond acceptors (Lipinski definition) is 4. The summed E-state index contributed by atoms with van der Waals surface area (Å²) < 4.78 is 5.77. The molecule has 0 radical (unpaired) electrons. The molecule has 5 nitrogen and oxygen atoms in total. The zero-order valence-electron chi connectivity index (χ0n) is 16.4. The summed E-state index contributed by atoms with van der Waals surface area (Å²) in [5, 5.41) is 3.12. The number of oxazole rings is 1. The number of nitrogens with zero attached hydrogens (tertiary/aromatic N) is 2. The normalized spacial score (nSPS) is 30.0. The number of rotatable bonds is 4. The van der Waals surface area contributed by atoms with Gasteiger partial charge in [-0.15, -0.1) is 0 Å². The molecule has 148 valence electrons. The van der Waals surface area contributed by atoms with Crippen LogP contribution in [0.3, 0.4) is 0 Å². The number of carbonyl (C=O) groups excluding carboxylic acids is 1. The van der Waals surface area contributed by atoms with Crippen LogP contribution < -0.4 is 5.32 Å². The zero-order chi connectivity index (χ0) is 19.4. The van der Waals surface area contributed by atoms with E-state index in [0.29, 0.717) is 23.5 Å². The van der Waals surface area contributed by atoms with Crippen molar-refractivity contribution in [1.29, 1.82) is 0 Å². The smallest absolute Gasteiger partial charge is 0.228 e. The van der Waals surface area contributed by atoms with E-state index >= 15 is 0 Å². The van der Waals surface area contributed by atoms with Crippen molar-refractivity contribution in [2.24, 2.45) is 23.2 Å². The van der Waals surface area contributed by atoms with Crippen LogP contribution in [0.1, 0.15) is 44.9 Å². The number of anilines is 1. The first-order chi connectivity index (χ1) is 14.1. The summed E-state index contributed by atoms with van der Waals surface area (Å²) in [6.45, 7) is 0. The van der Waals surface area contributed by atoms with E-state index in [-0.39, 0.29) is 11.3 Å². The van der Waals surface area contributed by atoms with Crippen LogP contribution in [0.5, 0.6) is 0 Å². The SMILES string of the molecule is O=C(CC12CC3CC(CC(C3)C1)C2)Nc1ccc(-c2nc3ncccc3o2)cc1. The van der Waals surface area contributed by atoms with Gasteiger partial charge in [0.2, 0.25) is 11.8 Å². The highest BCUT2D eigenvalue weighted by Gasteiger charge is 2.51. The number of aromatic nitrogens is 2. The molecule has 4 fully saturated rings. The fourth-order valence-corrected chi connectivity index (χ4v) is 6.64. The van der Waals surface area contributed by atoms with Gasteiger partial charge >= 0.3 is 0 Å². The third-order valence-electron chi connectivity index (χ3n) is 7.28. The molecule has 2 heterocycles. The van der Waals surface area contributed by atoms with Gasteiger partial charge in [0.15, 0.2) is 11.2 Å². The lowest BCUT2D eigenvalue weighted by Crippen LogP contribution is -2.47. The molecule has 4 bridgehead atoms. The third-order valence-corrected chi connectivity index (χ3v) is 7.28. The second kappa shape index (κ2) is 6.41. The van der Waals surface area contributed by atoms with E-state index in [4.69, 9.17) is 4.42 Å². The first-order valence-electron chi connectivity index (χ1n) is 10.8. The van der Waals surface area contributed by atoms with E-state index in [1.54, 1.807) is 6.20 Å². The quantitative estimate of drug-likeness (QED) is 0.648. The summed E-state index contributed by atoms with van der Waals surface area (Å²) in [4.78, 5) is 21.5. The Hall–Kier alpha value is -2.69. The molecule has 4 aliphatic rings. The van der Waals surface area contributed by atoms with Crippen LogP contribution in [-0.2, 0) is 4.79 Å². The molecule has 7 rings (SSSR count). The lowest BCUT2D eigenvalue weighted by molar-refractivity contribution is -0.124. The van der Waals surface area contributed by atoms with Crippen LogP contribution in [0, 0.1) is 23.2 Å². The molecule has 0 atom stereocenters. The standard InChI is InChI=1S/C24H25N3O2/c28-21(14-24-11-15-8-16(12-24)10-17(9-15)13-24)26-19-5-3-18(4-6-19)23-27-22-20(29-23)2-1-7-25-22/h1-7,15-17H,8-14H2,(H,26,28). The van der Waals surface area contributed by atoms with Gasteiger partial charge in [-0.25, -0.2) is 4.98 Å². The second-order valence-electron chi connectivity index (χ2n) is 9.56. The Balaban J connectivity index is 1.14. The molecular weight excluding hydrogens is 362 g/mol. The first-order valence-corrected chi connectivity index (χ1v) is 10.8. The molecule has 1 N–H and O–H groups in total. The molecule has 29 heavy (non-hydrogen) atoms. The van der Waals surface area contributed by atoms with Gasteiger partial charge in [-0.2, -0.15) is 4.98 Å². The number of carbonyl (C=O) groups is 1. The van der Waals surface area contributed by atoms with Gasteiger partial charge in [0, 0.05) is 23.9 Å². The summed E-state index contributed by atoms with van der Waals surface area (Å²) in [5.74, 6) is 3.33. The Bertz CT molecular complexity index is 1000. The predicted molar refractivity (Wildman–Crippen MR) is 111 cm³/mol. The molecule has 4 saturated carbocycles. The molecule has 0 spiro atoms. The predicted octanol–water partition coefficient (Wildman–Crippen LogP) is 5.43. The summed E-state index contributed by atoms with van der Waals surface area (Å²) in [6, 6.07) is 11.4. The van der Waals surface area contributed by atoms with Crippen molar-refractivity contribution in [3.05, 3.63) is 42.6 Å². The van der Waals surface area contributed by atoms with E-state index in [1.165, 1.54) is 38.5 Å². The molecule has 1 amide bonds. The number of hydrogen-bond donors (Lipinski definition) is 1. The average molecular weight is 387 g/mol. The van der Waals surface area contributed by atoms with Crippen LogP contribution >= 0.6 is 0 Å². The Kier molecular flexibility index (Phi) is 3.80. The highest BCUT2D eigenvalue weighted by atomic mass is 16.3. The van der Waals surface area contributed by atoms with Crippen LogP contribution in [0.4, 0.5) is 5.69 Å². The minimum Gasteiger partial charge on any atom is -0.434 e. The van der Waals surface area contributed by atoms with Crippen LogP contribution in [0.2, 0.25) is 0 Å². The zero-order valence-corrected chi connectivity index (χ0v) is 16.4. The van der Waals surface area contributed by atoms with Gasteiger partial charge in [-0.1, -0.05) is 0 Å². The Morgan fingerprint density at radius 2 is 1.72 bits per heavy atom. The van der Waals surface area contributed by atoms with Gasteiger partial charge < -0.3 is 9.73 Å². The maximum Gasteiger partial charge on any atom is 0.228 e. The van der Waals surface area contributed by atoms with Gasteiger partial charge in [0.25, 0.3) is 0 Å². The van der Waals surface area contributed by atoms with E-state index in [0.717, 1.165) is 29.0 Å². The highest BCUT2D eigenvalue weighted by Crippen LogP contribution is 2.61. The van der Waals surface area contributed by atoms with Crippen molar-refractivity contribution in [3.63, 3.8) is 0 Å². The van der Waals surface area contributed by atoms with Crippen LogP contribution in [-0.4, -0.2) is 15.9 Å². The van der Waals surface area contributed by atoms with E-state index in [1.807, 2.05) is 36.4 Å². The monoisotopic (exact) mass is 387 g/mol. The fraction of sp³-hybridized carbons (Fsp3) is 0.458. The molecule has 5 heteroatoms. The molecule has 3 aromatic rings. The summed E-state index contributed by atoms with van der Waals surface area (Å²) in [5.41, 5.74) is 3.26. The lowest BCUT2D eigenvalue weighted by atomic mass is 9.49. The van der Waals surface area contributed by atoms with Gasteiger partial charge in [-0.05, 0) is 98.1 Å². The van der Waals surface area contributed by atoms with Gasteiger partial charge in [-0.3, -0.25) is 4.79 Å². The lowest BCUT2D eigenvalue weighted by Gasteiger charge is -2.56. The topological polar surface area (TPSA) is 68.0 Å². The van der Waals surface area contributed by atoms with E-state index in [9.17, 15) is 4.79 Å². The number of pyridine rings is 1. The molecule has 0 aliphatic heterocycles. The highest BCUT2D eigenvalue weighted by molar-refractivity contribution is 5.91. The maximum atomic E-state index is 12.8. The number of amides is 1. The molecule has 1 aromatic carbocycles. The van der Waals surface area contributed by atoms with E-state index < -0.39 is 0 Å². The second-order valence-corrected chi connectivity index (χ2v) is 9.56. The third kappa shape index (κ3) is 3.13. The number of nitrogens with one attached hydrogen (secondary N) is 1. The van der Waals surface area contributed by atoms with Crippen molar-refractivity contribution in [3.8, 4) is 11.5 Å². The molecule has 2 aromatic heterocycles. The van der Waals surface area contributed by atoms with Gasteiger partial charge in [0.1, 0.15) is 0 Å². The Labute approximate surface area is 169 Å². The molecule has 0 unspecified atom stereocenters. The first kappa shape index (κ1) is 17.2. The summed E-state index contributed by atoms with van der Waals surface area (Å²) in [6.07, 6.45) is 10.4. The van der Waals surface area contributed by atoms with E-state index in [2.05, 4.69) is 15.3 Å². The Morgan fingerprint density at radius 3 is 2.38 bits per heavy atom. The van der Waals surface area contributed by atoms with Crippen LogP contribution in [0.15, 0.2) is 47.0 Å². The number of fused-ring (bicyclic) bond motifs is 1. The molecule has 0 saturated heterocycles. The van der Waals surface area contributed by atoms with Gasteiger partial charge in [0.05, 0.1) is 0 Å². The summed E-state index contributed by atoms with van der Waals surface area (Å²) in [7, 11) is 0. The van der Waals surface area contributed by atoms with Crippen LogP contribution in [0.25, 0.3) is 22.7 Å². The van der Waals surface area contributed by atoms with Crippen molar-refractivity contribution < 1.29 is 9.21 Å². The average Bonchev–Trinajstić information content (AvgIpc) is 3.11. The molecular formula is C24H25N3O2. The van der Waals surface area contributed by atoms with Crippen molar-refractivity contribution in [2.75, 3.05) is 5.32 Å². The largest absolute Gasteiger partial charge is 0.434 e. The minimum absolute atomic E-state index is 0.158.